The standard InChI is InChI=1S/C14H14BrClN2O2/c15-10-4-3-9(11(16)7-10)8-18-13(20)17-12(19)14(18)5-1-2-6-14/h3-4,7H,1-2,5-6,8H2,(H,17,19,20). The number of hydrogen-bond donors (Lipinski definition) is 1. The molecule has 1 saturated carbocycles. The lowest BCUT2D eigenvalue weighted by Crippen LogP contribution is -2.46. The van der Waals surface area contributed by atoms with Crippen molar-refractivity contribution in [2.45, 2.75) is 37.8 Å². The van der Waals surface area contributed by atoms with Crippen molar-refractivity contribution in [2.24, 2.45) is 0 Å². The highest BCUT2D eigenvalue weighted by molar-refractivity contribution is 9.10. The highest BCUT2D eigenvalue weighted by Crippen LogP contribution is 2.40. The van der Waals surface area contributed by atoms with Gasteiger partial charge in [0.1, 0.15) is 5.54 Å². The second-order valence-corrected chi connectivity index (χ2v) is 6.64. The van der Waals surface area contributed by atoms with E-state index >= 15 is 0 Å². The normalized spacial score (nSPS) is 20.8. The molecule has 1 aromatic rings. The summed E-state index contributed by atoms with van der Waals surface area (Å²) in [5.41, 5.74) is 0.194. The van der Waals surface area contributed by atoms with Crippen molar-refractivity contribution >= 4 is 39.5 Å². The van der Waals surface area contributed by atoms with Gasteiger partial charge in [-0.1, -0.05) is 46.4 Å². The summed E-state index contributed by atoms with van der Waals surface area (Å²) in [7, 11) is 0. The molecule has 2 aliphatic rings. The summed E-state index contributed by atoms with van der Waals surface area (Å²) in [4.78, 5) is 25.9. The zero-order chi connectivity index (χ0) is 14.3. The molecular formula is C14H14BrClN2O2. The van der Waals surface area contributed by atoms with E-state index in [1.54, 1.807) is 11.0 Å². The summed E-state index contributed by atoms with van der Waals surface area (Å²) in [5.74, 6) is -0.159. The first kappa shape index (κ1) is 13.9. The summed E-state index contributed by atoms with van der Waals surface area (Å²) in [6.45, 7) is 0.365. The number of nitrogens with one attached hydrogen (secondary N) is 1. The minimum Gasteiger partial charge on any atom is -0.305 e. The van der Waals surface area contributed by atoms with E-state index in [2.05, 4.69) is 21.2 Å². The molecule has 0 atom stereocenters. The van der Waals surface area contributed by atoms with Crippen LogP contribution in [0.2, 0.25) is 5.02 Å². The average molecular weight is 358 g/mol. The predicted molar refractivity (Wildman–Crippen MR) is 79.4 cm³/mol. The second-order valence-electron chi connectivity index (χ2n) is 5.32. The summed E-state index contributed by atoms with van der Waals surface area (Å²) in [6, 6.07) is 5.26. The van der Waals surface area contributed by atoms with Crippen LogP contribution < -0.4 is 5.32 Å². The number of benzene rings is 1. The molecule has 1 aromatic carbocycles. The monoisotopic (exact) mass is 356 g/mol. The molecule has 0 unspecified atom stereocenters. The van der Waals surface area contributed by atoms with Crippen molar-refractivity contribution in [3.8, 4) is 0 Å². The molecular weight excluding hydrogens is 344 g/mol. The SMILES string of the molecule is O=C1NC(=O)C2(CCCC2)N1Cc1ccc(Br)cc1Cl. The number of nitrogens with zero attached hydrogens (tertiary/aromatic N) is 1. The van der Waals surface area contributed by atoms with Crippen LogP contribution in [-0.4, -0.2) is 22.4 Å². The Morgan fingerprint density at radius 2 is 2.00 bits per heavy atom. The molecule has 0 aromatic heterocycles. The summed E-state index contributed by atoms with van der Waals surface area (Å²) in [6.07, 6.45) is 3.42. The Labute approximate surface area is 130 Å². The second kappa shape index (κ2) is 5.04. The Morgan fingerprint density at radius 3 is 2.65 bits per heavy atom. The van der Waals surface area contributed by atoms with Crippen molar-refractivity contribution in [1.82, 2.24) is 10.2 Å². The Morgan fingerprint density at radius 1 is 1.30 bits per heavy atom. The Bertz CT molecular complexity index is 585. The highest BCUT2D eigenvalue weighted by Gasteiger charge is 2.53. The fraction of sp³-hybridized carbons (Fsp3) is 0.429. The van der Waals surface area contributed by atoms with Crippen LogP contribution in [0.15, 0.2) is 22.7 Å². The molecule has 1 aliphatic carbocycles. The zero-order valence-electron chi connectivity index (χ0n) is 10.8. The molecule has 2 fully saturated rings. The molecule has 1 N–H and O–H groups in total. The van der Waals surface area contributed by atoms with Gasteiger partial charge in [-0.2, -0.15) is 0 Å². The van der Waals surface area contributed by atoms with Crippen LogP contribution in [0, 0.1) is 0 Å². The lowest BCUT2D eigenvalue weighted by Gasteiger charge is -2.31. The van der Waals surface area contributed by atoms with Crippen molar-refractivity contribution in [2.75, 3.05) is 0 Å². The van der Waals surface area contributed by atoms with Crippen LogP contribution in [0.4, 0.5) is 4.79 Å². The third-order valence-electron chi connectivity index (χ3n) is 4.18. The molecule has 6 heteroatoms. The number of rotatable bonds is 2. The van der Waals surface area contributed by atoms with Crippen LogP contribution in [0.25, 0.3) is 0 Å². The van der Waals surface area contributed by atoms with Crippen molar-refractivity contribution < 1.29 is 9.59 Å². The van der Waals surface area contributed by atoms with Crippen molar-refractivity contribution in [3.05, 3.63) is 33.3 Å². The first-order valence-corrected chi connectivity index (χ1v) is 7.77. The van der Waals surface area contributed by atoms with Crippen LogP contribution in [0.3, 0.4) is 0 Å². The molecule has 1 saturated heterocycles. The highest BCUT2D eigenvalue weighted by atomic mass is 79.9. The van der Waals surface area contributed by atoms with Gasteiger partial charge in [0.15, 0.2) is 0 Å². The van der Waals surface area contributed by atoms with E-state index in [-0.39, 0.29) is 11.9 Å². The molecule has 4 nitrogen and oxygen atoms in total. The van der Waals surface area contributed by atoms with Crippen LogP contribution in [0.1, 0.15) is 31.2 Å². The minimum atomic E-state index is -0.659. The molecule has 106 valence electrons. The average Bonchev–Trinajstić information content (AvgIpc) is 2.95. The number of hydrogen-bond acceptors (Lipinski definition) is 2. The van der Waals surface area contributed by atoms with E-state index in [9.17, 15) is 9.59 Å². The fourth-order valence-corrected chi connectivity index (χ4v) is 3.83. The van der Waals surface area contributed by atoms with Gasteiger partial charge in [0.05, 0.1) is 0 Å². The van der Waals surface area contributed by atoms with Gasteiger partial charge in [-0.3, -0.25) is 10.1 Å². The van der Waals surface area contributed by atoms with E-state index in [0.717, 1.165) is 35.7 Å². The Hall–Kier alpha value is -1.07. The molecule has 3 rings (SSSR count). The molecule has 3 amide bonds. The Kier molecular flexibility index (Phi) is 3.50. The largest absolute Gasteiger partial charge is 0.325 e. The maximum absolute atomic E-state index is 12.1. The van der Waals surface area contributed by atoms with E-state index in [4.69, 9.17) is 11.6 Å². The quantitative estimate of drug-likeness (QED) is 0.824. The molecule has 0 bridgehead atoms. The van der Waals surface area contributed by atoms with E-state index in [0.29, 0.717) is 11.6 Å². The lowest BCUT2D eigenvalue weighted by atomic mass is 9.95. The van der Waals surface area contributed by atoms with Gasteiger partial charge in [0.25, 0.3) is 5.91 Å². The van der Waals surface area contributed by atoms with Gasteiger partial charge in [-0.05, 0) is 30.5 Å². The smallest absolute Gasteiger partial charge is 0.305 e. The van der Waals surface area contributed by atoms with Gasteiger partial charge in [0.2, 0.25) is 0 Å². The molecule has 20 heavy (non-hydrogen) atoms. The summed E-state index contributed by atoms with van der Waals surface area (Å²) >= 11 is 9.57. The number of amides is 3. The molecule has 1 heterocycles. The lowest BCUT2D eigenvalue weighted by molar-refractivity contribution is -0.126. The van der Waals surface area contributed by atoms with Crippen LogP contribution in [0.5, 0.6) is 0 Å². The predicted octanol–water partition coefficient (Wildman–Crippen LogP) is 3.47. The molecule has 1 spiro atoms. The van der Waals surface area contributed by atoms with Crippen LogP contribution in [-0.2, 0) is 11.3 Å². The van der Waals surface area contributed by atoms with Gasteiger partial charge in [-0.25, -0.2) is 4.79 Å². The van der Waals surface area contributed by atoms with Gasteiger partial charge < -0.3 is 4.90 Å². The number of carbonyl (C=O) groups excluding carboxylic acids is 2. The number of imide groups is 1. The van der Waals surface area contributed by atoms with E-state index in [1.165, 1.54) is 0 Å². The van der Waals surface area contributed by atoms with Gasteiger partial charge >= 0.3 is 6.03 Å². The van der Waals surface area contributed by atoms with E-state index in [1.807, 2.05) is 12.1 Å². The van der Waals surface area contributed by atoms with Crippen LogP contribution >= 0.6 is 27.5 Å². The van der Waals surface area contributed by atoms with Gasteiger partial charge in [0, 0.05) is 16.0 Å². The zero-order valence-corrected chi connectivity index (χ0v) is 13.1. The maximum atomic E-state index is 12.1. The van der Waals surface area contributed by atoms with E-state index < -0.39 is 5.54 Å². The number of carbonyl (C=O) groups is 2. The molecule has 0 radical (unpaired) electrons. The van der Waals surface area contributed by atoms with Gasteiger partial charge in [-0.15, -0.1) is 0 Å². The Balaban J connectivity index is 1.92. The number of halogens is 2. The minimum absolute atomic E-state index is 0.159. The molecule has 1 aliphatic heterocycles. The maximum Gasteiger partial charge on any atom is 0.325 e. The van der Waals surface area contributed by atoms with Crippen molar-refractivity contribution in [1.29, 1.82) is 0 Å². The third-order valence-corrected chi connectivity index (χ3v) is 5.02. The first-order valence-electron chi connectivity index (χ1n) is 6.60. The third kappa shape index (κ3) is 2.13. The van der Waals surface area contributed by atoms with Crippen molar-refractivity contribution in [3.63, 3.8) is 0 Å². The number of urea groups is 1. The first-order chi connectivity index (χ1) is 9.53. The topological polar surface area (TPSA) is 49.4 Å². The summed E-state index contributed by atoms with van der Waals surface area (Å²) in [5, 5.41) is 3.04. The summed E-state index contributed by atoms with van der Waals surface area (Å²) < 4.78 is 0.892. The fourth-order valence-electron chi connectivity index (χ4n) is 3.10.